The molecule has 0 radical (unpaired) electrons. The molecule has 128 valence electrons. The minimum Gasteiger partial charge on any atom is -0.385 e. The Kier molecular flexibility index (Phi) is 7.02. The first-order valence-corrected chi connectivity index (χ1v) is 6.97. The van der Waals surface area contributed by atoms with Crippen LogP contribution < -0.4 is 10.2 Å². The molecular weight excluding hydrogens is 313 g/mol. The second kappa shape index (κ2) is 8.52. The molecule has 1 rings (SSSR count). The van der Waals surface area contributed by atoms with Gasteiger partial charge in [-0.2, -0.15) is 13.2 Å². The van der Waals surface area contributed by atoms with E-state index in [4.69, 9.17) is 4.74 Å². The van der Waals surface area contributed by atoms with Crippen molar-refractivity contribution in [3.8, 4) is 0 Å². The van der Waals surface area contributed by atoms with Crippen molar-refractivity contribution in [1.29, 1.82) is 0 Å². The molecule has 0 unspecified atom stereocenters. The topological polar surface area (TPSA) is 58.6 Å². The standard InChI is InChI=1S/C15H19F3N2O3/c1-11(21)20(10-14(22)19-8-5-9-23-2)13-7-4-3-6-12(13)15(16,17)18/h3-4,6-7H,5,8-10H2,1-2H3,(H,19,22). The molecule has 0 fully saturated rings. The van der Waals surface area contributed by atoms with Gasteiger partial charge in [0.05, 0.1) is 11.3 Å². The third-order valence-electron chi connectivity index (χ3n) is 3.03. The van der Waals surface area contributed by atoms with E-state index in [1.54, 1.807) is 0 Å². The van der Waals surface area contributed by atoms with Gasteiger partial charge in [0, 0.05) is 27.2 Å². The fourth-order valence-corrected chi connectivity index (χ4v) is 1.96. The molecule has 0 aliphatic rings. The van der Waals surface area contributed by atoms with Crippen LogP contribution in [0.2, 0.25) is 0 Å². The summed E-state index contributed by atoms with van der Waals surface area (Å²) in [6, 6.07) is 4.66. The first-order valence-electron chi connectivity index (χ1n) is 6.97. The van der Waals surface area contributed by atoms with E-state index in [-0.39, 0.29) is 5.69 Å². The first-order chi connectivity index (χ1) is 10.8. The number of amides is 2. The van der Waals surface area contributed by atoms with E-state index >= 15 is 0 Å². The molecule has 0 aliphatic carbocycles. The van der Waals surface area contributed by atoms with Gasteiger partial charge in [0.25, 0.3) is 0 Å². The lowest BCUT2D eigenvalue weighted by molar-refractivity contribution is -0.137. The van der Waals surface area contributed by atoms with Gasteiger partial charge in [-0.25, -0.2) is 0 Å². The van der Waals surface area contributed by atoms with E-state index in [1.807, 2.05) is 0 Å². The van der Waals surface area contributed by atoms with Gasteiger partial charge in [-0.05, 0) is 18.6 Å². The molecule has 2 amide bonds. The number of ether oxygens (including phenoxy) is 1. The van der Waals surface area contributed by atoms with E-state index in [2.05, 4.69) is 5.32 Å². The number of hydrogen-bond donors (Lipinski definition) is 1. The maximum atomic E-state index is 13.0. The van der Waals surface area contributed by atoms with Crippen LogP contribution in [0, 0.1) is 0 Å². The van der Waals surface area contributed by atoms with Crippen LogP contribution in [-0.2, 0) is 20.5 Å². The van der Waals surface area contributed by atoms with Gasteiger partial charge in [-0.1, -0.05) is 12.1 Å². The van der Waals surface area contributed by atoms with E-state index in [0.29, 0.717) is 19.6 Å². The van der Waals surface area contributed by atoms with Crippen LogP contribution in [0.3, 0.4) is 0 Å². The summed E-state index contributed by atoms with van der Waals surface area (Å²) in [6.45, 7) is 1.41. The lowest BCUT2D eigenvalue weighted by atomic mass is 10.1. The van der Waals surface area contributed by atoms with E-state index < -0.39 is 30.1 Å². The molecule has 1 N–H and O–H groups in total. The number of methoxy groups -OCH3 is 1. The van der Waals surface area contributed by atoms with Gasteiger partial charge in [0.1, 0.15) is 6.54 Å². The van der Waals surface area contributed by atoms with Crippen molar-refractivity contribution >= 4 is 17.5 Å². The highest BCUT2D eigenvalue weighted by Crippen LogP contribution is 2.36. The molecule has 0 aromatic heterocycles. The number of para-hydroxylation sites is 1. The fraction of sp³-hybridized carbons (Fsp3) is 0.467. The van der Waals surface area contributed by atoms with Crippen molar-refractivity contribution in [2.75, 3.05) is 31.7 Å². The number of hydrogen-bond acceptors (Lipinski definition) is 3. The Labute approximate surface area is 132 Å². The zero-order valence-corrected chi connectivity index (χ0v) is 12.9. The van der Waals surface area contributed by atoms with Crippen LogP contribution in [0.1, 0.15) is 18.9 Å². The number of rotatable bonds is 7. The van der Waals surface area contributed by atoms with Crippen LogP contribution in [0.25, 0.3) is 0 Å². The quantitative estimate of drug-likeness (QED) is 0.779. The monoisotopic (exact) mass is 332 g/mol. The molecule has 8 heteroatoms. The van der Waals surface area contributed by atoms with Crippen LogP contribution in [0.15, 0.2) is 24.3 Å². The molecule has 0 aliphatic heterocycles. The summed E-state index contributed by atoms with van der Waals surface area (Å²) >= 11 is 0. The summed E-state index contributed by atoms with van der Waals surface area (Å²) in [5, 5.41) is 2.54. The van der Waals surface area contributed by atoms with Crippen molar-refractivity contribution in [3.63, 3.8) is 0 Å². The maximum absolute atomic E-state index is 13.0. The second-order valence-electron chi connectivity index (χ2n) is 4.82. The highest BCUT2D eigenvalue weighted by Gasteiger charge is 2.35. The van der Waals surface area contributed by atoms with Gasteiger partial charge in [-0.15, -0.1) is 0 Å². The Bertz CT molecular complexity index is 547. The van der Waals surface area contributed by atoms with E-state index in [1.165, 1.54) is 25.3 Å². The Hall–Kier alpha value is -2.09. The predicted octanol–water partition coefficient (Wildman–Crippen LogP) is 2.21. The zero-order valence-electron chi connectivity index (χ0n) is 12.9. The minimum atomic E-state index is -4.61. The number of alkyl halides is 3. The number of carbonyl (C=O) groups is 2. The van der Waals surface area contributed by atoms with Gasteiger partial charge < -0.3 is 15.0 Å². The van der Waals surface area contributed by atoms with Crippen molar-refractivity contribution < 1.29 is 27.5 Å². The number of nitrogens with one attached hydrogen (secondary N) is 1. The molecule has 0 bridgehead atoms. The molecule has 0 spiro atoms. The van der Waals surface area contributed by atoms with Crippen molar-refractivity contribution in [2.45, 2.75) is 19.5 Å². The molecule has 0 saturated heterocycles. The van der Waals surface area contributed by atoms with Crippen molar-refractivity contribution in [2.24, 2.45) is 0 Å². The maximum Gasteiger partial charge on any atom is 0.418 e. The Morgan fingerprint density at radius 3 is 2.48 bits per heavy atom. The van der Waals surface area contributed by atoms with E-state index in [0.717, 1.165) is 17.9 Å². The lowest BCUT2D eigenvalue weighted by Crippen LogP contribution is -2.41. The van der Waals surface area contributed by atoms with Gasteiger partial charge >= 0.3 is 6.18 Å². The Morgan fingerprint density at radius 2 is 1.91 bits per heavy atom. The van der Waals surface area contributed by atoms with Crippen LogP contribution in [0.5, 0.6) is 0 Å². The molecule has 0 atom stereocenters. The first kappa shape index (κ1) is 19.0. The number of halogens is 3. The zero-order chi connectivity index (χ0) is 17.5. The van der Waals surface area contributed by atoms with Gasteiger partial charge in [0.2, 0.25) is 11.8 Å². The minimum absolute atomic E-state index is 0.319. The molecule has 23 heavy (non-hydrogen) atoms. The molecule has 0 saturated carbocycles. The SMILES string of the molecule is COCCCNC(=O)CN(C(C)=O)c1ccccc1C(F)(F)F. The largest absolute Gasteiger partial charge is 0.418 e. The summed E-state index contributed by atoms with van der Waals surface area (Å²) in [5.41, 5.74) is -1.29. The number of nitrogens with zero attached hydrogens (tertiary/aromatic N) is 1. The molecule has 1 aromatic carbocycles. The van der Waals surface area contributed by atoms with E-state index in [9.17, 15) is 22.8 Å². The summed E-state index contributed by atoms with van der Waals surface area (Å²) in [6.07, 6.45) is -4.04. The highest BCUT2D eigenvalue weighted by molar-refractivity contribution is 5.98. The predicted molar refractivity (Wildman–Crippen MR) is 79.0 cm³/mol. The molecule has 5 nitrogen and oxygen atoms in total. The smallest absolute Gasteiger partial charge is 0.385 e. The Morgan fingerprint density at radius 1 is 1.26 bits per heavy atom. The fourth-order valence-electron chi connectivity index (χ4n) is 1.96. The van der Waals surface area contributed by atoms with Gasteiger partial charge in [-0.3, -0.25) is 9.59 Å². The summed E-state index contributed by atoms with van der Waals surface area (Å²) in [4.78, 5) is 24.3. The van der Waals surface area contributed by atoms with Crippen LogP contribution >= 0.6 is 0 Å². The summed E-state index contributed by atoms with van der Waals surface area (Å²) in [5.74, 6) is -1.18. The van der Waals surface area contributed by atoms with Crippen LogP contribution in [-0.4, -0.2) is 38.6 Å². The average Bonchev–Trinajstić information content (AvgIpc) is 2.48. The highest BCUT2D eigenvalue weighted by atomic mass is 19.4. The number of benzene rings is 1. The average molecular weight is 332 g/mol. The lowest BCUT2D eigenvalue weighted by Gasteiger charge is -2.24. The third kappa shape index (κ3) is 5.90. The van der Waals surface area contributed by atoms with Crippen molar-refractivity contribution in [1.82, 2.24) is 5.32 Å². The summed E-state index contributed by atoms with van der Waals surface area (Å²) in [7, 11) is 1.52. The van der Waals surface area contributed by atoms with Crippen molar-refractivity contribution in [3.05, 3.63) is 29.8 Å². The molecule has 0 heterocycles. The Balaban J connectivity index is 2.88. The van der Waals surface area contributed by atoms with Gasteiger partial charge in [0.15, 0.2) is 0 Å². The van der Waals surface area contributed by atoms with Crippen LogP contribution in [0.4, 0.5) is 18.9 Å². The molecule has 1 aromatic rings. The second-order valence-corrected chi connectivity index (χ2v) is 4.82. The number of anilines is 1. The normalized spacial score (nSPS) is 11.2. The number of carbonyl (C=O) groups excluding carboxylic acids is 2. The third-order valence-corrected chi connectivity index (χ3v) is 3.03. The summed E-state index contributed by atoms with van der Waals surface area (Å²) < 4.78 is 44.0. The molecular formula is C15H19F3N2O3.